The molecule has 2 heterocycles. The van der Waals surface area contributed by atoms with Crippen LogP contribution in [0.15, 0.2) is 42.6 Å². The first-order chi connectivity index (χ1) is 9.67. The van der Waals surface area contributed by atoms with E-state index in [1.165, 1.54) is 10.7 Å². The number of benzene rings is 1. The molecule has 0 bridgehead atoms. The van der Waals surface area contributed by atoms with Gasteiger partial charge in [-0.1, -0.05) is 0 Å². The van der Waals surface area contributed by atoms with Crippen molar-refractivity contribution in [3.8, 4) is 17.0 Å². The number of carboxylic acid groups (broad SMARTS) is 1. The number of carboxylic acids is 1. The summed E-state index contributed by atoms with van der Waals surface area (Å²) >= 11 is 0. The number of hydrogen-bond donors (Lipinski definition) is 1. The zero-order valence-corrected chi connectivity index (χ0v) is 10.6. The highest BCUT2D eigenvalue weighted by Crippen LogP contribution is 2.20. The molecule has 0 atom stereocenters. The Hall–Kier alpha value is -2.89. The molecule has 0 aliphatic heterocycles. The molecule has 3 aromatic rings. The Balaban J connectivity index is 2.04. The lowest BCUT2D eigenvalue weighted by Crippen LogP contribution is -1.95. The van der Waals surface area contributed by atoms with Crippen LogP contribution in [0.25, 0.3) is 16.9 Å². The number of hydrogen-bond acceptors (Lipinski definition) is 4. The summed E-state index contributed by atoms with van der Waals surface area (Å²) in [6, 6.07) is 11.0. The van der Waals surface area contributed by atoms with Crippen LogP contribution in [0.2, 0.25) is 0 Å². The summed E-state index contributed by atoms with van der Waals surface area (Å²) < 4.78 is 6.57. The van der Waals surface area contributed by atoms with Gasteiger partial charge in [-0.2, -0.15) is 5.10 Å². The minimum absolute atomic E-state index is 0.0237. The van der Waals surface area contributed by atoms with Crippen LogP contribution in [-0.2, 0) is 0 Å². The number of methoxy groups -OCH3 is 1. The first-order valence-corrected chi connectivity index (χ1v) is 5.91. The van der Waals surface area contributed by atoms with Crippen LogP contribution in [0.3, 0.4) is 0 Å². The minimum Gasteiger partial charge on any atom is -0.497 e. The first kappa shape index (κ1) is 12.2. The highest BCUT2D eigenvalue weighted by molar-refractivity contribution is 5.86. The Bertz CT molecular complexity index is 778. The molecule has 0 radical (unpaired) electrons. The van der Waals surface area contributed by atoms with E-state index in [1.54, 1.807) is 19.2 Å². The lowest BCUT2D eigenvalue weighted by molar-refractivity contribution is 0.0691. The highest BCUT2D eigenvalue weighted by Gasteiger charge is 2.10. The summed E-state index contributed by atoms with van der Waals surface area (Å²) in [5.74, 6) is -0.299. The molecule has 3 rings (SSSR count). The smallest absolute Gasteiger partial charge is 0.356 e. The summed E-state index contributed by atoms with van der Waals surface area (Å²) in [5.41, 5.74) is 2.12. The van der Waals surface area contributed by atoms with Gasteiger partial charge in [0.2, 0.25) is 0 Å². The predicted molar refractivity (Wildman–Crippen MR) is 71.9 cm³/mol. The maximum Gasteiger partial charge on any atom is 0.356 e. The van der Waals surface area contributed by atoms with Gasteiger partial charge in [0.05, 0.1) is 19.0 Å². The van der Waals surface area contributed by atoms with E-state index in [2.05, 4.69) is 10.1 Å². The maximum atomic E-state index is 10.9. The fourth-order valence-corrected chi connectivity index (χ4v) is 1.90. The van der Waals surface area contributed by atoms with Crippen molar-refractivity contribution in [3.05, 3.63) is 48.3 Å². The average molecular weight is 269 g/mol. The van der Waals surface area contributed by atoms with E-state index >= 15 is 0 Å². The molecule has 0 aliphatic carbocycles. The van der Waals surface area contributed by atoms with Crippen LogP contribution in [0.1, 0.15) is 10.5 Å². The van der Waals surface area contributed by atoms with E-state index in [4.69, 9.17) is 9.84 Å². The van der Waals surface area contributed by atoms with Crippen LogP contribution >= 0.6 is 0 Å². The number of aromatic nitrogens is 3. The molecular weight excluding hydrogens is 258 g/mol. The van der Waals surface area contributed by atoms with E-state index in [0.717, 1.165) is 17.0 Å². The molecule has 0 spiro atoms. The van der Waals surface area contributed by atoms with Crippen LogP contribution < -0.4 is 4.74 Å². The predicted octanol–water partition coefficient (Wildman–Crippen LogP) is 2.10. The Morgan fingerprint density at radius 2 is 1.95 bits per heavy atom. The molecule has 100 valence electrons. The largest absolute Gasteiger partial charge is 0.497 e. The van der Waals surface area contributed by atoms with E-state index in [9.17, 15) is 4.79 Å². The van der Waals surface area contributed by atoms with Crippen LogP contribution in [0.5, 0.6) is 5.75 Å². The Kier molecular flexibility index (Phi) is 2.83. The van der Waals surface area contributed by atoms with Gasteiger partial charge in [0, 0.05) is 5.56 Å². The highest BCUT2D eigenvalue weighted by atomic mass is 16.5. The summed E-state index contributed by atoms with van der Waals surface area (Å²) in [7, 11) is 1.61. The Morgan fingerprint density at radius 3 is 2.60 bits per heavy atom. The van der Waals surface area contributed by atoms with Crippen LogP contribution in [0, 0.1) is 0 Å². The molecule has 2 aromatic heterocycles. The average Bonchev–Trinajstić information content (AvgIpc) is 2.90. The third kappa shape index (κ3) is 2.07. The van der Waals surface area contributed by atoms with Gasteiger partial charge in [-0.05, 0) is 36.4 Å². The van der Waals surface area contributed by atoms with Crippen molar-refractivity contribution in [1.29, 1.82) is 0 Å². The van der Waals surface area contributed by atoms with Crippen molar-refractivity contribution in [1.82, 2.24) is 14.6 Å². The molecule has 1 aromatic carbocycles. The number of ether oxygens (including phenoxy) is 1. The van der Waals surface area contributed by atoms with E-state index in [-0.39, 0.29) is 5.69 Å². The van der Waals surface area contributed by atoms with Gasteiger partial charge in [0.15, 0.2) is 11.3 Å². The van der Waals surface area contributed by atoms with Crippen molar-refractivity contribution < 1.29 is 14.6 Å². The normalized spacial score (nSPS) is 10.7. The number of fused-ring (bicyclic) bond motifs is 1. The third-order valence-electron chi connectivity index (χ3n) is 2.92. The minimum atomic E-state index is -1.07. The topological polar surface area (TPSA) is 76.7 Å². The van der Waals surface area contributed by atoms with Gasteiger partial charge in [-0.3, -0.25) is 0 Å². The lowest BCUT2D eigenvalue weighted by atomic mass is 10.1. The number of rotatable bonds is 3. The monoisotopic (exact) mass is 269 g/mol. The number of aromatic carboxylic acids is 1. The van der Waals surface area contributed by atoms with Gasteiger partial charge in [0.1, 0.15) is 5.75 Å². The van der Waals surface area contributed by atoms with Gasteiger partial charge in [0.25, 0.3) is 0 Å². The number of imidazole rings is 1. The summed E-state index contributed by atoms with van der Waals surface area (Å²) in [5, 5.41) is 13.3. The maximum absolute atomic E-state index is 10.9. The van der Waals surface area contributed by atoms with E-state index < -0.39 is 5.97 Å². The summed E-state index contributed by atoms with van der Waals surface area (Å²) in [6.45, 7) is 0. The molecule has 0 unspecified atom stereocenters. The quantitative estimate of drug-likeness (QED) is 0.788. The van der Waals surface area contributed by atoms with Crippen LogP contribution in [-0.4, -0.2) is 32.8 Å². The summed E-state index contributed by atoms with van der Waals surface area (Å²) in [4.78, 5) is 14.8. The fraction of sp³-hybridized carbons (Fsp3) is 0.0714. The Morgan fingerprint density at radius 1 is 1.20 bits per heavy atom. The molecule has 0 amide bonds. The van der Waals surface area contributed by atoms with Gasteiger partial charge in [-0.15, -0.1) is 0 Å². The summed E-state index contributed by atoms with van der Waals surface area (Å²) in [6.07, 6.45) is 1.39. The van der Waals surface area contributed by atoms with Crippen molar-refractivity contribution >= 4 is 11.6 Å². The second-order valence-electron chi connectivity index (χ2n) is 4.18. The molecular formula is C14H11N3O3. The van der Waals surface area contributed by atoms with Crippen LogP contribution in [0.4, 0.5) is 0 Å². The third-order valence-corrected chi connectivity index (χ3v) is 2.92. The van der Waals surface area contributed by atoms with E-state index in [1.807, 2.05) is 24.3 Å². The van der Waals surface area contributed by atoms with Crippen molar-refractivity contribution in [2.75, 3.05) is 7.11 Å². The lowest BCUT2D eigenvalue weighted by Gasteiger charge is -2.03. The van der Waals surface area contributed by atoms with Gasteiger partial charge in [-0.25, -0.2) is 14.3 Å². The fourth-order valence-electron chi connectivity index (χ4n) is 1.90. The molecule has 0 fully saturated rings. The van der Waals surface area contributed by atoms with Crippen molar-refractivity contribution in [2.24, 2.45) is 0 Å². The molecule has 0 saturated carbocycles. The molecule has 6 heteroatoms. The standard InChI is InChI=1S/C14H11N3O3/c1-20-10-4-2-9(3-5-10)11-6-7-13-15-12(14(18)19)8-17(13)16-11/h2-8H,1H3,(H,18,19). The zero-order chi connectivity index (χ0) is 14.1. The zero-order valence-electron chi connectivity index (χ0n) is 10.6. The van der Waals surface area contributed by atoms with Gasteiger partial charge < -0.3 is 9.84 Å². The number of carbonyl (C=O) groups is 1. The van der Waals surface area contributed by atoms with Gasteiger partial charge >= 0.3 is 5.97 Å². The molecule has 0 saturated heterocycles. The molecule has 0 aliphatic rings. The SMILES string of the molecule is COc1ccc(-c2ccc3nc(C(=O)O)cn3n2)cc1. The first-order valence-electron chi connectivity index (χ1n) is 5.91. The second-order valence-corrected chi connectivity index (χ2v) is 4.18. The van der Waals surface area contributed by atoms with Crippen molar-refractivity contribution in [3.63, 3.8) is 0 Å². The molecule has 20 heavy (non-hydrogen) atoms. The number of nitrogens with zero attached hydrogens (tertiary/aromatic N) is 3. The van der Waals surface area contributed by atoms with E-state index in [0.29, 0.717) is 5.65 Å². The van der Waals surface area contributed by atoms with Crippen molar-refractivity contribution in [2.45, 2.75) is 0 Å². The molecule has 1 N–H and O–H groups in total. The second kappa shape index (κ2) is 4.65. The Labute approximate surface area is 114 Å². The molecule has 6 nitrogen and oxygen atoms in total.